The van der Waals surface area contributed by atoms with Crippen LogP contribution in [0.15, 0.2) is 18.2 Å². The molecule has 1 heterocycles. The highest BCUT2D eigenvalue weighted by Gasteiger charge is 2.42. The Morgan fingerprint density at radius 2 is 1.88 bits per heavy atom. The van der Waals surface area contributed by atoms with Crippen molar-refractivity contribution < 1.29 is 24.5 Å². The molecule has 0 radical (unpaired) electrons. The summed E-state index contributed by atoms with van der Waals surface area (Å²) in [6.45, 7) is 11.7. The Morgan fingerprint density at radius 1 is 1.07 bits per heavy atom. The second kappa shape index (κ2) is 15.0. The molecule has 1 aliphatic heterocycles. The average Bonchev–Trinajstić information content (AvgIpc) is 2.94. The lowest BCUT2D eigenvalue weighted by molar-refractivity contribution is -0.146. The van der Waals surface area contributed by atoms with Gasteiger partial charge in [0.15, 0.2) is 0 Å². The standard InChI is InChI=1S/C34H55NO5/c1-4-5-6-7-14-34(2,3)27-12-13-29(32(37)22-27)31-23-28(36)21-26-11-10-25(20-30(26)31)24-40-33(38)9-8-15-35-16-18-39-19-17-35/h12-13,22,25-26,28,30-31,36-37H,4-11,14-21,23-24H2,1-3H3. The van der Waals surface area contributed by atoms with Gasteiger partial charge in [-0.15, -0.1) is 0 Å². The van der Waals surface area contributed by atoms with Crippen LogP contribution in [-0.2, 0) is 19.7 Å². The quantitative estimate of drug-likeness (QED) is 0.211. The highest BCUT2D eigenvalue weighted by molar-refractivity contribution is 5.69. The van der Waals surface area contributed by atoms with E-state index in [9.17, 15) is 15.0 Å². The molecule has 2 saturated carbocycles. The highest BCUT2D eigenvalue weighted by atomic mass is 16.5. The maximum atomic E-state index is 12.5. The summed E-state index contributed by atoms with van der Waals surface area (Å²) in [5, 5.41) is 22.0. The summed E-state index contributed by atoms with van der Waals surface area (Å²) in [6, 6.07) is 6.34. The number of hydrogen-bond donors (Lipinski definition) is 2. The van der Waals surface area contributed by atoms with Crippen LogP contribution in [0, 0.1) is 17.8 Å². The molecule has 4 rings (SSSR count). The summed E-state index contributed by atoms with van der Waals surface area (Å²) in [6.07, 6.45) is 11.7. The van der Waals surface area contributed by atoms with Gasteiger partial charge in [0.05, 0.1) is 25.9 Å². The van der Waals surface area contributed by atoms with E-state index < -0.39 is 0 Å². The van der Waals surface area contributed by atoms with Crippen LogP contribution >= 0.6 is 0 Å². The molecule has 0 bridgehead atoms. The number of hydrogen-bond acceptors (Lipinski definition) is 6. The van der Waals surface area contributed by atoms with Gasteiger partial charge in [-0.25, -0.2) is 0 Å². The third-order valence-electron chi connectivity index (χ3n) is 10.1. The van der Waals surface area contributed by atoms with Crippen molar-refractivity contribution >= 4 is 5.97 Å². The number of esters is 1. The van der Waals surface area contributed by atoms with Gasteiger partial charge in [-0.2, -0.15) is 0 Å². The SMILES string of the molecule is CCCCCCC(C)(C)c1ccc(C2CC(O)CC3CCC(COC(=O)CCCN4CCOCC4)CC32)c(O)c1. The normalized spacial score (nSPS) is 27.8. The van der Waals surface area contributed by atoms with E-state index in [-0.39, 0.29) is 23.4 Å². The Balaban J connectivity index is 1.32. The predicted molar refractivity (Wildman–Crippen MR) is 160 cm³/mol. The predicted octanol–water partition coefficient (Wildman–Crippen LogP) is 6.57. The van der Waals surface area contributed by atoms with Crippen molar-refractivity contribution in [2.75, 3.05) is 39.5 Å². The number of carbonyl (C=O) groups is 1. The molecule has 2 aliphatic carbocycles. The molecule has 5 unspecified atom stereocenters. The summed E-state index contributed by atoms with van der Waals surface area (Å²) in [5.74, 6) is 1.65. The molecule has 40 heavy (non-hydrogen) atoms. The monoisotopic (exact) mass is 557 g/mol. The lowest BCUT2D eigenvalue weighted by atomic mass is 9.60. The van der Waals surface area contributed by atoms with Crippen molar-refractivity contribution in [3.05, 3.63) is 29.3 Å². The van der Waals surface area contributed by atoms with Gasteiger partial charge < -0.3 is 19.7 Å². The van der Waals surface area contributed by atoms with Crippen LogP contribution in [0.25, 0.3) is 0 Å². The molecule has 6 nitrogen and oxygen atoms in total. The van der Waals surface area contributed by atoms with Gasteiger partial charge in [-0.05, 0) is 97.8 Å². The van der Waals surface area contributed by atoms with Crippen molar-refractivity contribution in [2.45, 2.75) is 115 Å². The van der Waals surface area contributed by atoms with Gasteiger partial charge in [0.25, 0.3) is 0 Å². The van der Waals surface area contributed by atoms with Crippen molar-refractivity contribution in [3.8, 4) is 5.75 Å². The molecule has 0 amide bonds. The molecular weight excluding hydrogens is 502 g/mol. The first-order valence-corrected chi connectivity index (χ1v) is 16.2. The molecule has 3 aliphatic rings. The average molecular weight is 558 g/mol. The number of benzene rings is 1. The second-order valence-corrected chi connectivity index (χ2v) is 13.5. The Kier molecular flexibility index (Phi) is 11.8. The molecule has 1 aromatic carbocycles. The first-order chi connectivity index (χ1) is 19.3. The molecule has 0 aromatic heterocycles. The minimum Gasteiger partial charge on any atom is -0.508 e. The van der Waals surface area contributed by atoms with Crippen LogP contribution in [0.3, 0.4) is 0 Å². The van der Waals surface area contributed by atoms with E-state index in [0.717, 1.165) is 76.9 Å². The Morgan fingerprint density at radius 3 is 2.62 bits per heavy atom. The van der Waals surface area contributed by atoms with Crippen molar-refractivity contribution in [1.29, 1.82) is 0 Å². The summed E-state index contributed by atoms with van der Waals surface area (Å²) < 4.78 is 11.2. The fourth-order valence-electron chi connectivity index (χ4n) is 7.54. The number of aliphatic hydroxyl groups is 1. The zero-order chi connectivity index (χ0) is 28.5. The summed E-state index contributed by atoms with van der Waals surface area (Å²) >= 11 is 0. The zero-order valence-electron chi connectivity index (χ0n) is 25.4. The minimum absolute atomic E-state index is 0.0281. The number of ether oxygens (including phenoxy) is 2. The molecule has 6 heteroatoms. The number of nitrogens with zero attached hydrogens (tertiary/aromatic N) is 1. The molecule has 1 saturated heterocycles. The van der Waals surface area contributed by atoms with E-state index in [4.69, 9.17) is 9.47 Å². The summed E-state index contributed by atoms with van der Waals surface area (Å²) in [7, 11) is 0. The zero-order valence-corrected chi connectivity index (χ0v) is 25.4. The minimum atomic E-state index is -0.318. The number of rotatable bonds is 13. The number of fused-ring (bicyclic) bond motifs is 1. The molecule has 0 spiro atoms. The number of unbranched alkanes of at least 4 members (excludes halogenated alkanes) is 3. The number of aliphatic hydroxyl groups excluding tert-OH is 1. The third-order valence-corrected chi connectivity index (χ3v) is 10.1. The van der Waals surface area contributed by atoms with Crippen LogP contribution in [-0.4, -0.2) is 66.6 Å². The van der Waals surface area contributed by atoms with Crippen LogP contribution in [0.1, 0.15) is 115 Å². The van der Waals surface area contributed by atoms with Crippen LogP contribution in [0.2, 0.25) is 0 Å². The van der Waals surface area contributed by atoms with E-state index in [2.05, 4.69) is 37.8 Å². The van der Waals surface area contributed by atoms with Gasteiger partial charge in [0.1, 0.15) is 5.75 Å². The largest absolute Gasteiger partial charge is 0.508 e. The fraction of sp³-hybridized carbons (Fsp3) is 0.794. The molecule has 3 fully saturated rings. The second-order valence-electron chi connectivity index (χ2n) is 13.5. The number of aromatic hydroxyl groups is 1. The Bertz CT molecular complexity index is 927. The number of morpholine rings is 1. The van der Waals surface area contributed by atoms with Crippen molar-refractivity contribution in [2.24, 2.45) is 17.8 Å². The summed E-state index contributed by atoms with van der Waals surface area (Å²) in [5.41, 5.74) is 2.21. The number of carbonyl (C=O) groups excluding carboxylic acids is 1. The van der Waals surface area contributed by atoms with E-state index >= 15 is 0 Å². The Labute approximate surface area is 242 Å². The van der Waals surface area contributed by atoms with Gasteiger partial charge in [0, 0.05) is 19.5 Å². The number of phenols is 1. The third kappa shape index (κ3) is 8.69. The van der Waals surface area contributed by atoms with Crippen molar-refractivity contribution in [1.82, 2.24) is 4.90 Å². The highest BCUT2D eigenvalue weighted by Crippen LogP contribution is 2.51. The van der Waals surface area contributed by atoms with E-state index in [0.29, 0.717) is 43.0 Å². The maximum absolute atomic E-state index is 12.5. The van der Waals surface area contributed by atoms with Gasteiger partial charge in [-0.1, -0.05) is 58.6 Å². The molecular formula is C34H55NO5. The van der Waals surface area contributed by atoms with Crippen LogP contribution in [0.4, 0.5) is 0 Å². The summed E-state index contributed by atoms with van der Waals surface area (Å²) in [4.78, 5) is 14.8. The lowest BCUT2D eigenvalue weighted by Crippen LogP contribution is -2.39. The molecule has 1 aromatic rings. The molecule has 2 N–H and O–H groups in total. The Hall–Kier alpha value is -1.63. The topological polar surface area (TPSA) is 79.2 Å². The van der Waals surface area contributed by atoms with E-state index in [1.165, 1.54) is 31.2 Å². The van der Waals surface area contributed by atoms with Crippen molar-refractivity contribution in [3.63, 3.8) is 0 Å². The first kappa shape index (κ1) is 31.3. The first-order valence-electron chi connectivity index (χ1n) is 16.2. The smallest absolute Gasteiger partial charge is 0.305 e. The lowest BCUT2D eigenvalue weighted by Gasteiger charge is -2.46. The fourth-order valence-corrected chi connectivity index (χ4v) is 7.54. The molecule has 5 atom stereocenters. The van der Waals surface area contributed by atoms with Gasteiger partial charge in [0.2, 0.25) is 0 Å². The van der Waals surface area contributed by atoms with E-state index in [1.807, 2.05) is 6.07 Å². The number of phenolic OH excluding ortho intramolecular Hbond substituents is 1. The van der Waals surface area contributed by atoms with Crippen LogP contribution < -0.4 is 0 Å². The van der Waals surface area contributed by atoms with Gasteiger partial charge >= 0.3 is 5.97 Å². The van der Waals surface area contributed by atoms with Gasteiger partial charge in [-0.3, -0.25) is 9.69 Å². The maximum Gasteiger partial charge on any atom is 0.305 e. The molecule has 226 valence electrons. The van der Waals surface area contributed by atoms with Crippen LogP contribution in [0.5, 0.6) is 5.75 Å². The van der Waals surface area contributed by atoms with E-state index in [1.54, 1.807) is 0 Å².